The summed E-state index contributed by atoms with van der Waals surface area (Å²) in [5.41, 5.74) is -2.31. The summed E-state index contributed by atoms with van der Waals surface area (Å²) in [5.74, 6) is -8.10. The number of esters is 4. The molecule has 1 saturated carbocycles. The van der Waals surface area contributed by atoms with E-state index < -0.39 is 64.3 Å². The topological polar surface area (TPSA) is 122 Å². The molecule has 9 nitrogen and oxygen atoms in total. The van der Waals surface area contributed by atoms with Crippen LogP contribution in [-0.4, -0.2) is 58.1 Å². The van der Waals surface area contributed by atoms with Crippen LogP contribution in [0.2, 0.25) is 0 Å². The van der Waals surface area contributed by atoms with E-state index >= 15 is 0 Å². The van der Waals surface area contributed by atoms with E-state index in [9.17, 15) is 24.0 Å². The van der Waals surface area contributed by atoms with Crippen molar-refractivity contribution in [1.29, 1.82) is 0 Å². The smallest absolute Gasteiger partial charge is 0.341 e. The van der Waals surface area contributed by atoms with Crippen LogP contribution in [0.15, 0.2) is 23.3 Å². The van der Waals surface area contributed by atoms with E-state index in [2.05, 4.69) is 12.2 Å². The molecule has 0 aromatic heterocycles. The van der Waals surface area contributed by atoms with Crippen molar-refractivity contribution in [2.75, 3.05) is 28.4 Å². The molecule has 3 rings (SSSR count). The molecular formula is C24H30O9. The molecule has 0 aromatic carbocycles. The fourth-order valence-electron chi connectivity index (χ4n) is 6.12. The minimum atomic E-state index is -1.84. The zero-order chi connectivity index (χ0) is 24.3. The van der Waals surface area contributed by atoms with Gasteiger partial charge in [0, 0.05) is 0 Å². The molecule has 0 amide bonds. The summed E-state index contributed by atoms with van der Waals surface area (Å²) >= 11 is 0. The number of ether oxygens (including phenoxy) is 4. The number of Topliss-reactive ketones (excluding diaryl/α,β-unsaturated/α-hetero) is 1. The average molecular weight is 462 g/mol. The normalized spacial score (nSPS) is 32.3. The Bertz CT molecular complexity index is 915. The van der Waals surface area contributed by atoms with Crippen molar-refractivity contribution < 1.29 is 42.9 Å². The largest absolute Gasteiger partial charge is 0.469 e. The Labute approximate surface area is 192 Å². The fraction of sp³-hybridized carbons (Fsp3) is 0.625. The molecule has 0 unspecified atom stereocenters. The van der Waals surface area contributed by atoms with Crippen molar-refractivity contribution in [3.05, 3.63) is 23.3 Å². The number of carbonyl (C=O) groups is 5. The maximum atomic E-state index is 13.6. The first kappa shape index (κ1) is 24.7. The maximum absolute atomic E-state index is 13.6. The second-order valence-electron chi connectivity index (χ2n) is 8.57. The monoisotopic (exact) mass is 462 g/mol. The van der Waals surface area contributed by atoms with Crippen LogP contribution in [-0.2, 0) is 42.9 Å². The van der Waals surface area contributed by atoms with Crippen LogP contribution in [0.1, 0.15) is 38.5 Å². The lowest BCUT2D eigenvalue weighted by molar-refractivity contribution is -0.168. The van der Waals surface area contributed by atoms with Crippen molar-refractivity contribution >= 4 is 29.7 Å². The lowest BCUT2D eigenvalue weighted by Gasteiger charge is -2.36. The van der Waals surface area contributed by atoms with Gasteiger partial charge in [-0.15, -0.1) is 0 Å². The Morgan fingerprint density at radius 3 is 2.00 bits per heavy atom. The maximum Gasteiger partial charge on any atom is 0.341 e. The predicted molar refractivity (Wildman–Crippen MR) is 113 cm³/mol. The number of rotatable bonds is 4. The molecule has 0 spiro atoms. The Balaban J connectivity index is 2.40. The molecular weight excluding hydrogens is 432 g/mol. The first-order valence-corrected chi connectivity index (χ1v) is 11.1. The summed E-state index contributed by atoms with van der Waals surface area (Å²) in [7, 11) is 4.58. The number of hydrogen-bond acceptors (Lipinski definition) is 9. The van der Waals surface area contributed by atoms with Crippen LogP contribution >= 0.6 is 0 Å². The van der Waals surface area contributed by atoms with E-state index in [0.717, 1.165) is 40.6 Å². The second-order valence-corrected chi connectivity index (χ2v) is 8.57. The fourth-order valence-corrected chi connectivity index (χ4v) is 6.12. The van der Waals surface area contributed by atoms with Gasteiger partial charge in [0.25, 0.3) is 0 Å². The van der Waals surface area contributed by atoms with Gasteiger partial charge in [0.05, 0.1) is 34.4 Å². The number of hydrogen-bond donors (Lipinski definition) is 0. The zero-order valence-corrected chi connectivity index (χ0v) is 19.4. The number of methoxy groups -OCH3 is 4. The summed E-state index contributed by atoms with van der Waals surface area (Å²) in [6.07, 6.45) is 8.02. The minimum Gasteiger partial charge on any atom is -0.469 e. The van der Waals surface area contributed by atoms with Gasteiger partial charge in [-0.3, -0.25) is 19.2 Å². The third-order valence-corrected chi connectivity index (χ3v) is 7.29. The van der Waals surface area contributed by atoms with Gasteiger partial charge in [-0.05, 0) is 55.9 Å². The summed E-state index contributed by atoms with van der Waals surface area (Å²) in [5, 5.41) is 0. The van der Waals surface area contributed by atoms with E-state index in [4.69, 9.17) is 18.9 Å². The number of ketones is 1. The molecule has 5 atom stereocenters. The van der Waals surface area contributed by atoms with Crippen LogP contribution in [0.3, 0.4) is 0 Å². The third kappa shape index (κ3) is 3.67. The molecule has 9 heteroatoms. The highest BCUT2D eigenvalue weighted by Gasteiger charge is 2.75. The first-order valence-electron chi connectivity index (χ1n) is 11.1. The standard InChI is InChI=1S/C24H30O9/c1-30-20(26)15-13-11-9-7-5-6-8-10-12-14(13)24(23(29)33-4)17(15)16(21(27)31-2)19(25)18(24)22(28)32-3/h5-6,13-15,18H,7-12H2,1-4H3/b6-5-/t13-,14+,15+,18-,24-/m1/s1. The van der Waals surface area contributed by atoms with E-state index in [1.807, 2.05) is 0 Å². The van der Waals surface area contributed by atoms with Crippen molar-refractivity contribution in [3.63, 3.8) is 0 Å². The van der Waals surface area contributed by atoms with Crippen LogP contribution in [0, 0.1) is 29.1 Å². The van der Waals surface area contributed by atoms with Gasteiger partial charge in [-0.25, -0.2) is 4.79 Å². The van der Waals surface area contributed by atoms with Crippen LogP contribution in [0.25, 0.3) is 0 Å². The van der Waals surface area contributed by atoms with Gasteiger partial charge >= 0.3 is 23.9 Å². The van der Waals surface area contributed by atoms with Crippen LogP contribution in [0.4, 0.5) is 0 Å². The average Bonchev–Trinajstić information content (AvgIpc) is 3.25. The van der Waals surface area contributed by atoms with Crippen molar-refractivity contribution in [3.8, 4) is 0 Å². The van der Waals surface area contributed by atoms with E-state index in [1.54, 1.807) is 0 Å². The molecule has 0 saturated heterocycles. The molecule has 0 N–H and O–H groups in total. The number of fused-ring (bicyclic) bond motifs is 3. The number of carbonyl (C=O) groups excluding carboxylic acids is 5. The Kier molecular flexibility index (Phi) is 7.39. The van der Waals surface area contributed by atoms with E-state index in [1.165, 1.54) is 7.11 Å². The van der Waals surface area contributed by atoms with E-state index in [0.29, 0.717) is 19.3 Å². The second kappa shape index (κ2) is 9.89. The quantitative estimate of drug-likeness (QED) is 0.203. The van der Waals surface area contributed by atoms with Gasteiger partial charge < -0.3 is 18.9 Å². The molecule has 0 bridgehead atoms. The van der Waals surface area contributed by atoms with Crippen molar-refractivity contribution in [2.45, 2.75) is 38.5 Å². The van der Waals surface area contributed by atoms with Crippen LogP contribution < -0.4 is 0 Å². The Morgan fingerprint density at radius 1 is 0.848 bits per heavy atom. The van der Waals surface area contributed by atoms with E-state index in [-0.39, 0.29) is 5.57 Å². The highest BCUT2D eigenvalue weighted by atomic mass is 16.5. The lowest BCUT2D eigenvalue weighted by atomic mass is 9.64. The summed E-state index contributed by atoms with van der Waals surface area (Å²) in [4.78, 5) is 66.0. The van der Waals surface area contributed by atoms with Gasteiger partial charge in [0.15, 0.2) is 5.78 Å². The molecule has 33 heavy (non-hydrogen) atoms. The van der Waals surface area contributed by atoms with Crippen molar-refractivity contribution in [1.82, 2.24) is 0 Å². The molecule has 1 fully saturated rings. The molecule has 3 aliphatic rings. The molecule has 0 aliphatic heterocycles. The highest BCUT2D eigenvalue weighted by molar-refractivity contribution is 6.28. The Hall–Kier alpha value is -2.97. The highest BCUT2D eigenvalue weighted by Crippen LogP contribution is 2.66. The molecule has 3 aliphatic carbocycles. The Morgan fingerprint density at radius 2 is 1.45 bits per heavy atom. The van der Waals surface area contributed by atoms with Crippen molar-refractivity contribution in [2.24, 2.45) is 29.1 Å². The molecule has 0 heterocycles. The van der Waals surface area contributed by atoms with Gasteiger partial charge in [-0.1, -0.05) is 12.2 Å². The zero-order valence-electron chi connectivity index (χ0n) is 19.4. The summed E-state index contributed by atoms with van der Waals surface area (Å²) < 4.78 is 20.0. The minimum absolute atomic E-state index is 0.0179. The molecule has 0 aromatic rings. The lowest BCUT2D eigenvalue weighted by Crippen LogP contribution is -2.48. The van der Waals surface area contributed by atoms with Gasteiger partial charge in [0.1, 0.15) is 16.9 Å². The predicted octanol–water partition coefficient (Wildman–Crippen LogP) is 1.93. The first-order chi connectivity index (χ1) is 15.8. The third-order valence-electron chi connectivity index (χ3n) is 7.29. The van der Waals surface area contributed by atoms with Gasteiger partial charge in [-0.2, -0.15) is 0 Å². The van der Waals surface area contributed by atoms with Gasteiger partial charge in [0.2, 0.25) is 0 Å². The molecule has 180 valence electrons. The number of allylic oxidation sites excluding steroid dienone is 2. The summed E-state index contributed by atoms with van der Waals surface area (Å²) in [6.45, 7) is 0. The van der Waals surface area contributed by atoms with Crippen LogP contribution in [0.5, 0.6) is 0 Å². The molecule has 0 radical (unpaired) electrons. The summed E-state index contributed by atoms with van der Waals surface area (Å²) in [6, 6.07) is 0. The SMILES string of the molecule is COC(=O)C1=C2[C@@H](C(=O)OC)[C@@H]3CCC/C=C\CCC[C@@H]3[C@]2(C(=O)OC)[C@@H](C(=O)OC)C1=O.